The zero-order valence-corrected chi connectivity index (χ0v) is 12.6. The van der Waals surface area contributed by atoms with E-state index in [2.05, 4.69) is 5.16 Å². The normalized spacial score (nSPS) is 24.6. The van der Waals surface area contributed by atoms with E-state index in [0.29, 0.717) is 45.3 Å². The van der Waals surface area contributed by atoms with Crippen molar-refractivity contribution in [3.05, 3.63) is 11.8 Å². The van der Waals surface area contributed by atoms with E-state index in [-0.39, 0.29) is 23.8 Å². The molecule has 0 aromatic carbocycles. The number of fused-ring (bicyclic) bond motifs is 1. The first-order valence-corrected chi connectivity index (χ1v) is 7.74. The van der Waals surface area contributed by atoms with Gasteiger partial charge >= 0.3 is 6.09 Å². The van der Waals surface area contributed by atoms with E-state index in [1.54, 1.807) is 15.9 Å². The highest BCUT2D eigenvalue weighted by Gasteiger charge is 2.39. The number of nitrogens with zero attached hydrogens (tertiary/aromatic N) is 4. The molecule has 1 atom stereocenters. The van der Waals surface area contributed by atoms with Gasteiger partial charge in [0.2, 0.25) is 5.76 Å². The van der Waals surface area contributed by atoms with Crippen LogP contribution < -0.4 is 4.90 Å². The minimum Gasteiger partial charge on any atom is -0.447 e. The molecule has 1 aromatic heterocycles. The second kappa shape index (κ2) is 5.73. The summed E-state index contributed by atoms with van der Waals surface area (Å²) in [5.41, 5.74) is 0. The number of hydrogen-bond donors (Lipinski definition) is 0. The molecule has 3 fully saturated rings. The van der Waals surface area contributed by atoms with Crippen molar-refractivity contribution in [2.45, 2.75) is 6.04 Å². The lowest BCUT2D eigenvalue weighted by molar-refractivity contribution is 0.0577. The summed E-state index contributed by atoms with van der Waals surface area (Å²) in [5, 5.41) is 3.99. The average Bonchev–Trinajstić information content (AvgIpc) is 3.22. The second-order valence-electron chi connectivity index (χ2n) is 5.82. The highest BCUT2D eigenvalue weighted by atomic mass is 16.6. The maximum Gasteiger partial charge on any atom is 0.410 e. The van der Waals surface area contributed by atoms with Crippen molar-refractivity contribution >= 4 is 17.8 Å². The Kier molecular flexibility index (Phi) is 3.56. The van der Waals surface area contributed by atoms with Crippen LogP contribution >= 0.6 is 0 Å². The molecule has 23 heavy (non-hydrogen) atoms. The van der Waals surface area contributed by atoms with Gasteiger partial charge < -0.3 is 23.8 Å². The zero-order chi connectivity index (χ0) is 15.8. The fourth-order valence-electron chi connectivity index (χ4n) is 3.14. The summed E-state index contributed by atoms with van der Waals surface area (Å²) in [4.78, 5) is 29.5. The van der Waals surface area contributed by atoms with Crippen molar-refractivity contribution in [1.29, 1.82) is 0 Å². The van der Waals surface area contributed by atoms with Gasteiger partial charge in [0, 0.05) is 38.8 Å². The summed E-state index contributed by atoms with van der Waals surface area (Å²) in [6.07, 6.45) is -0.295. The topological polar surface area (TPSA) is 88.4 Å². The minimum absolute atomic E-state index is 0.0677. The summed E-state index contributed by atoms with van der Waals surface area (Å²) in [6.45, 7) is 4.51. The van der Waals surface area contributed by atoms with Gasteiger partial charge in [0.05, 0.1) is 19.3 Å². The molecule has 4 rings (SSSR count). The minimum atomic E-state index is -0.295. The fourth-order valence-corrected chi connectivity index (χ4v) is 3.14. The first-order chi connectivity index (χ1) is 11.2. The van der Waals surface area contributed by atoms with Gasteiger partial charge in [-0.1, -0.05) is 5.16 Å². The van der Waals surface area contributed by atoms with Crippen molar-refractivity contribution in [2.24, 2.45) is 0 Å². The Labute approximate surface area is 132 Å². The van der Waals surface area contributed by atoms with E-state index in [4.69, 9.17) is 14.0 Å². The summed E-state index contributed by atoms with van der Waals surface area (Å²) >= 11 is 0. The predicted octanol–water partition coefficient (Wildman–Crippen LogP) is -0.212. The number of morpholine rings is 1. The van der Waals surface area contributed by atoms with Gasteiger partial charge in [-0.25, -0.2) is 4.79 Å². The van der Waals surface area contributed by atoms with Gasteiger partial charge in [-0.05, 0) is 0 Å². The van der Waals surface area contributed by atoms with Crippen LogP contribution in [0.4, 0.5) is 10.6 Å². The molecular formula is C14H18N4O5. The SMILES string of the molecule is O=C(c1cc(N2CCOCC2)no1)N1CCN2C(=O)OCC2C1. The van der Waals surface area contributed by atoms with Crippen molar-refractivity contribution in [3.8, 4) is 0 Å². The Bertz CT molecular complexity index is 612. The van der Waals surface area contributed by atoms with E-state index < -0.39 is 0 Å². The van der Waals surface area contributed by atoms with E-state index in [9.17, 15) is 9.59 Å². The molecule has 0 N–H and O–H groups in total. The van der Waals surface area contributed by atoms with Gasteiger partial charge in [0.25, 0.3) is 5.91 Å². The van der Waals surface area contributed by atoms with Gasteiger partial charge in [0.15, 0.2) is 5.82 Å². The van der Waals surface area contributed by atoms with Crippen molar-refractivity contribution in [1.82, 2.24) is 15.0 Å². The zero-order valence-electron chi connectivity index (χ0n) is 12.6. The van der Waals surface area contributed by atoms with E-state index in [1.165, 1.54) is 0 Å². The Morgan fingerprint density at radius 2 is 2.04 bits per heavy atom. The third-order valence-corrected chi connectivity index (χ3v) is 4.45. The first-order valence-electron chi connectivity index (χ1n) is 7.74. The molecule has 0 aliphatic carbocycles. The molecular weight excluding hydrogens is 304 g/mol. The quantitative estimate of drug-likeness (QED) is 0.744. The van der Waals surface area contributed by atoms with Crippen LogP contribution in [0.2, 0.25) is 0 Å². The third-order valence-electron chi connectivity index (χ3n) is 4.45. The number of carbonyl (C=O) groups is 2. The summed E-state index contributed by atoms with van der Waals surface area (Å²) < 4.78 is 15.5. The van der Waals surface area contributed by atoms with Gasteiger partial charge in [-0.2, -0.15) is 0 Å². The highest BCUT2D eigenvalue weighted by molar-refractivity contribution is 5.92. The van der Waals surface area contributed by atoms with Crippen LogP contribution in [-0.2, 0) is 9.47 Å². The lowest BCUT2D eigenvalue weighted by Crippen LogP contribution is -2.53. The number of anilines is 1. The molecule has 0 bridgehead atoms. The standard InChI is InChI=1S/C14H18N4O5/c19-13(17-1-2-18-10(8-17)9-22-14(18)20)11-7-12(15-23-11)16-3-5-21-6-4-16/h7,10H,1-6,8-9H2. The Morgan fingerprint density at radius 1 is 1.22 bits per heavy atom. The largest absolute Gasteiger partial charge is 0.447 e. The molecule has 124 valence electrons. The second-order valence-corrected chi connectivity index (χ2v) is 5.82. The molecule has 4 heterocycles. The molecule has 0 saturated carbocycles. The molecule has 9 nitrogen and oxygen atoms in total. The van der Waals surface area contributed by atoms with Crippen molar-refractivity contribution < 1.29 is 23.6 Å². The molecule has 1 aromatic rings. The number of carbonyl (C=O) groups excluding carboxylic acids is 2. The van der Waals surface area contributed by atoms with Gasteiger partial charge in [-0.15, -0.1) is 0 Å². The van der Waals surface area contributed by atoms with Crippen LogP contribution in [0.1, 0.15) is 10.6 Å². The smallest absolute Gasteiger partial charge is 0.410 e. The van der Waals surface area contributed by atoms with Crippen LogP contribution in [0.5, 0.6) is 0 Å². The van der Waals surface area contributed by atoms with Crippen LogP contribution in [-0.4, -0.2) is 85.5 Å². The number of aromatic nitrogens is 1. The van der Waals surface area contributed by atoms with E-state index in [0.717, 1.165) is 13.1 Å². The molecule has 3 saturated heterocycles. The molecule has 3 aliphatic heterocycles. The summed E-state index contributed by atoms with van der Waals surface area (Å²) in [6, 6.07) is 1.61. The van der Waals surface area contributed by atoms with Crippen LogP contribution in [0.15, 0.2) is 10.6 Å². The summed E-state index contributed by atoms with van der Waals surface area (Å²) in [5.74, 6) is 0.691. The van der Waals surface area contributed by atoms with E-state index in [1.807, 2.05) is 4.90 Å². The Balaban J connectivity index is 1.43. The van der Waals surface area contributed by atoms with Crippen molar-refractivity contribution in [2.75, 3.05) is 57.4 Å². The van der Waals surface area contributed by atoms with Crippen molar-refractivity contribution in [3.63, 3.8) is 0 Å². The highest BCUT2D eigenvalue weighted by Crippen LogP contribution is 2.21. The number of piperazine rings is 1. The van der Waals surface area contributed by atoms with Gasteiger partial charge in [-0.3, -0.25) is 9.69 Å². The molecule has 2 amide bonds. The van der Waals surface area contributed by atoms with Gasteiger partial charge in [0.1, 0.15) is 6.61 Å². The van der Waals surface area contributed by atoms with Crippen LogP contribution in [0.3, 0.4) is 0 Å². The predicted molar refractivity (Wildman–Crippen MR) is 77.3 cm³/mol. The molecule has 0 radical (unpaired) electrons. The Morgan fingerprint density at radius 3 is 2.87 bits per heavy atom. The molecule has 9 heteroatoms. The fraction of sp³-hybridized carbons (Fsp3) is 0.643. The number of hydrogen-bond acceptors (Lipinski definition) is 7. The monoisotopic (exact) mass is 322 g/mol. The molecule has 3 aliphatic rings. The number of rotatable bonds is 2. The average molecular weight is 322 g/mol. The Hall–Kier alpha value is -2.29. The lowest BCUT2D eigenvalue weighted by Gasteiger charge is -2.34. The first kappa shape index (κ1) is 14.3. The molecule has 1 unspecified atom stereocenters. The number of amides is 2. The van der Waals surface area contributed by atoms with Crippen LogP contribution in [0.25, 0.3) is 0 Å². The number of cyclic esters (lactones) is 1. The lowest BCUT2D eigenvalue weighted by atomic mass is 10.2. The third kappa shape index (κ3) is 2.61. The van der Waals surface area contributed by atoms with Crippen LogP contribution in [0, 0.1) is 0 Å². The maximum absolute atomic E-state index is 12.6. The maximum atomic E-state index is 12.6. The summed E-state index contributed by atoms with van der Waals surface area (Å²) in [7, 11) is 0. The van der Waals surface area contributed by atoms with E-state index >= 15 is 0 Å². The number of ether oxygens (including phenoxy) is 2. The molecule has 0 spiro atoms.